The minimum atomic E-state index is -1.30. The second-order valence-electron chi connectivity index (χ2n) is 9.13. The van der Waals surface area contributed by atoms with E-state index in [-0.39, 0.29) is 6.42 Å². The maximum atomic E-state index is 10.9. The standard InChI is InChI=1S/C31H33NO6/c32-21-23-8-10-24(11-9-23)22-38-28-18-14-26(15-19-28)25-12-16-27(17-13-25)37-20-6-4-2-1-3-5-7-29(30(33)34)31(35)36/h8-19,29H,1-7,20,22H2,(H,33,34)(H,35,36). The van der Waals surface area contributed by atoms with Gasteiger partial charge in [0.1, 0.15) is 18.1 Å². The summed E-state index contributed by atoms with van der Waals surface area (Å²) < 4.78 is 11.7. The molecule has 3 aromatic rings. The molecule has 7 nitrogen and oxygen atoms in total. The molecule has 0 radical (unpaired) electrons. The van der Waals surface area contributed by atoms with Crippen molar-refractivity contribution in [3.8, 4) is 28.7 Å². The van der Waals surface area contributed by atoms with Gasteiger partial charge in [-0.3, -0.25) is 9.59 Å². The van der Waals surface area contributed by atoms with E-state index in [4.69, 9.17) is 24.9 Å². The summed E-state index contributed by atoms with van der Waals surface area (Å²) in [6.45, 7) is 1.07. The van der Waals surface area contributed by atoms with Crippen LogP contribution < -0.4 is 9.47 Å². The maximum Gasteiger partial charge on any atom is 0.317 e. The van der Waals surface area contributed by atoms with E-state index in [0.717, 1.165) is 60.3 Å². The molecule has 0 unspecified atom stereocenters. The van der Waals surface area contributed by atoms with E-state index in [0.29, 0.717) is 25.2 Å². The molecular weight excluding hydrogens is 482 g/mol. The lowest BCUT2D eigenvalue weighted by molar-refractivity contribution is -0.154. The molecule has 3 rings (SSSR count). The number of benzene rings is 3. The summed E-state index contributed by atoms with van der Waals surface area (Å²) in [6, 6.07) is 25.4. The van der Waals surface area contributed by atoms with Crippen molar-refractivity contribution in [1.82, 2.24) is 0 Å². The summed E-state index contributed by atoms with van der Waals surface area (Å²) in [4.78, 5) is 21.7. The first-order valence-corrected chi connectivity index (χ1v) is 12.9. The van der Waals surface area contributed by atoms with Gasteiger partial charge in [-0.1, -0.05) is 68.5 Å². The van der Waals surface area contributed by atoms with Crippen LogP contribution in [0.3, 0.4) is 0 Å². The van der Waals surface area contributed by atoms with E-state index in [1.165, 1.54) is 0 Å². The van der Waals surface area contributed by atoms with Crippen molar-refractivity contribution in [3.05, 3.63) is 83.9 Å². The van der Waals surface area contributed by atoms with Gasteiger partial charge in [-0.05, 0) is 65.9 Å². The van der Waals surface area contributed by atoms with Crippen molar-refractivity contribution in [2.45, 2.75) is 51.6 Å². The average molecular weight is 516 g/mol. The number of hydrogen-bond acceptors (Lipinski definition) is 5. The molecule has 0 amide bonds. The molecule has 0 saturated carbocycles. The highest BCUT2D eigenvalue weighted by Gasteiger charge is 2.24. The molecule has 2 N–H and O–H groups in total. The van der Waals surface area contributed by atoms with Crippen LogP contribution in [-0.2, 0) is 16.2 Å². The van der Waals surface area contributed by atoms with Gasteiger partial charge >= 0.3 is 11.9 Å². The summed E-state index contributed by atoms with van der Waals surface area (Å²) >= 11 is 0. The van der Waals surface area contributed by atoms with Crippen LogP contribution in [0.25, 0.3) is 11.1 Å². The minimum Gasteiger partial charge on any atom is -0.494 e. The van der Waals surface area contributed by atoms with Crippen LogP contribution >= 0.6 is 0 Å². The summed E-state index contributed by atoms with van der Waals surface area (Å²) in [5.74, 6) is -2.22. The van der Waals surface area contributed by atoms with E-state index in [2.05, 4.69) is 6.07 Å². The van der Waals surface area contributed by atoms with Gasteiger partial charge in [-0.15, -0.1) is 0 Å². The highest BCUT2D eigenvalue weighted by Crippen LogP contribution is 2.25. The van der Waals surface area contributed by atoms with Crippen molar-refractivity contribution in [1.29, 1.82) is 5.26 Å². The molecule has 0 aliphatic carbocycles. The van der Waals surface area contributed by atoms with Gasteiger partial charge in [0.15, 0.2) is 5.92 Å². The Balaban J connectivity index is 1.31. The fourth-order valence-electron chi connectivity index (χ4n) is 4.03. The number of carboxylic acid groups (broad SMARTS) is 2. The van der Waals surface area contributed by atoms with Gasteiger partial charge in [0.25, 0.3) is 0 Å². The zero-order valence-electron chi connectivity index (χ0n) is 21.3. The van der Waals surface area contributed by atoms with Crippen LogP contribution in [0.5, 0.6) is 11.5 Å². The monoisotopic (exact) mass is 515 g/mol. The topological polar surface area (TPSA) is 117 Å². The second-order valence-corrected chi connectivity index (χ2v) is 9.13. The molecule has 0 spiro atoms. The molecule has 0 saturated heterocycles. The van der Waals surface area contributed by atoms with Gasteiger partial charge in [0.2, 0.25) is 0 Å². The van der Waals surface area contributed by atoms with E-state index in [1.54, 1.807) is 12.1 Å². The Morgan fingerprint density at radius 3 is 1.71 bits per heavy atom. The molecule has 0 atom stereocenters. The van der Waals surface area contributed by atoms with E-state index in [9.17, 15) is 9.59 Å². The molecule has 7 heteroatoms. The highest BCUT2D eigenvalue weighted by molar-refractivity contribution is 5.92. The average Bonchev–Trinajstić information content (AvgIpc) is 2.93. The quantitative estimate of drug-likeness (QED) is 0.161. The summed E-state index contributed by atoms with van der Waals surface area (Å²) in [7, 11) is 0. The number of carboxylic acids is 2. The molecule has 198 valence electrons. The number of unbranched alkanes of at least 4 members (excludes halogenated alkanes) is 5. The van der Waals surface area contributed by atoms with Crippen LogP contribution in [0.1, 0.15) is 56.1 Å². The second kappa shape index (κ2) is 15.1. The van der Waals surface area contributed by atoms with E-state index < -0.39 is 17.9 Å². The molecule has 0 heterocycles. The Bertz CT molecular complexity index is 1180. The molecule has 0 aromatic heterocycles. The van der Waals surface area contributed by atoms with Crippen LogP contribution in [0, 0.1) is 17.2 Å². The Kier molecular flexibility index (Phi) is 11.2. The number of carbonyl (C=O) groups is 2. The van der Waals surface area contributed by atoms with Crippen molar-refractivity contribution in [2.24, 2.45) is 5.92 Å². The Hall–Kier alpha value is -4.31. The van der Waals surface area contributed by atoms with Gasteiger partial charge in [0, 0.05) is 0 Å². The van der Waals surface area contributed by atoms with Gasteiger partial charge in [-0.2, -0.15) is 5.26 Å². The smallest absolute Gasteiger partial charge is 0.317 e. The molecule has 0 aliphatic rings. The third-order valence-electron chi connectivity index (χ3n) is 6.28. The van der Waals surface area contributed by atoms with E-state index >= 15 is 0 Å². The van der Waals surface area contributed by atoms with Crippen LogP contribution in [0.15, 0.2) is 72.8 Å². The van der Waals surface area contributed by atoms with Crippen molar-refractivity contribution < 1.29 is 29.3 Å². The summed E-state index contributed by atoms with van der Waals surface area (Å²) in [5, 5.41) is 26.6. The van der Waals surface area contributed by atoms with Crippen molar-refractivity contribution >= 4 is 11.9 Å². The minimum absolute atomic E-state index is 0.182. The zero-order chi connectivity index (χ0) is 27.2. The first-order chi connectivity index (χ1) is 18.5. The first kappa shape index (κ1) is 28.3. The van der Waals surface area contributed by atoms with E-state index in [1.807, 2.05) is 60.7 Å². The Labute approximate surface area is 223 Å². The molecule has 0 fully saturated rings. The number of aliphatic carboxylic acids is 2. The maximum absolute atomic E-state index is 10.9. The third kappa shape index (κ3) is 9.29. The lowest BCUT2D eigenvalue weighted by Crippen LogP contribution is -2.23. The Morgan fingerprint density at radius 1 is 0.684 bits per heavy atom. The fraction of sp³-hybridized carbons (Fsp3) is 0.323. The lowest BCUT2D eigenvalue weighted by atomic mass is 10.0. The molecule has 0 aliphatic heterocycles. The summed E-state index contributed by atoms with van der Waals surface area (Å²) in [6.07, 6.45) is 5.55. The largest absolute Gasteiger partial charge is 0.494 e. The SMILES string of the molecule is N#Cc1ccc(COc2ccc(-c3ccc(OCCCCCCCCC(C(=O)O)C(=O)O)cc3)cc2)cc1. The predicted molar refractivity (Wildman–Crippen MR) is 144 cm³/mol. The number of nitriles is 1. The molecule has 3 aromatic carbocycles. The fourth-order valence-corrected chi connectivity index (χ4v) is 4.03. The van der Waals surface area contributed by atoms with Gasteiger partial charge < -0.3 is 19.7 Å². The highest BCUT2D eigenvalue weighted by atomic mass is 16.5. The third-order valence-corrected chi connectivity index (χ3v) is 6.28. The first-order valence-electron chi connectivity index (χ1n) is 12.9. The molecule has 38 heavy (non-hydrogen) atoms. The normalized spacial score (nSPS) is 10.6. The zero-order valence-corrected chi connectivity index (χ0v) is 21.3. The lowest BCUT2D eigenvalue weighted by Gasteiger charge is -2.09. The van der Waals surface area contributed by atoms with Crippen LogP contribution in [0.4, 0.5) is 0 Å². The Morgan fingerprint density at radius 2 is 1.18 bits per heavy atom. The van der Waals surface area contributed by atoms with Crippen molar-refractivity contribution in [2.75, 3.05) is 6.61 Å². The van der Waals surface area contributed by atoms with Gasteiger partial charge in [0.05, 0.1) is 18.2 Å². The van der Waals surface area contributed by atoms with Crippen molar-refractivity contribution in [3.63, 3.8) is 0 Å². The number of ether oxygens (including phenoxy) is 2. The summed E-state index contributed by atoms with van der Waals surface area (Å²) in [5.41, 5.74) is 3.81. The predicted octanol–water partition coefficient (Wildman–Crippen LogP) is 6.70. The van der Waals surface area contributed by atoms with Gasteiger partial charge in [-0.25, -0.2) is 0 Å². The molecular formula is C31H33NO6. The number of hydrogen-bond donors (Lipinski definition) is 2. The number of nitrogens with zero attached hydrogens (tertiary/aromatic N) is 1. The number of rotatable bonds is 16. The van der Waals surface area contributed by atoms with Crippen LogP contribution in [0.2, 0.25) is 0 Å². The molecule has 0 bridgehead atoms. The van der Waals surface area contributed by atoms with Crippen LogP contribution in [-0.4, -0.2) is 28.8 Å².